The van der Waals surface area contributed by atoms with Crippen molar-refractivity contribution in [3.63, 3.8) is 0 Å². The van der Waals surface area contributed by atoms with Crippen LogP contribution in [-0.4, -0.2) is 57.3 Å². The third kappa shape index (κ3) is 3.16. The number of piperazine rings is 1. The number of imidazole rings is 1. The second kappa shape index (κ2) is 6.53. The van der Waals surface area contributed by atoms with E-state index in [9.17, 15) is 4.79 Å². The fraction of sp³-hybridized carbons (Fsp3) is 0.556. The number of carbonyl (C=O) groups is 1. The number of nitrogens with zero attached hydrogens (tertiary/aromatic N) is 4. The van der Waals surface area contributed by atoms with E-state index in [1.807, 2.05) is 29.3 Å². The first-order valence-corrected chi connectivity index (χ1v) is 8.88. The van der Waals surface area contributed by atoms with Gasteiger partial charge in [-0.05, 0) is 31.4 Å². The van der Waals surface area contributed by atoms with E-state index in [2.05, 4.69) is 20.5 Å². The summed E-state index contributed by atoms with van der Waals surface area (Å²) in [5.41, 5.74) is 8.02. The van der Waals surface area contributed by atoms with Gasteiger partial charge in [0.15, 0.2) is 0 Å². The summed E-state index contributed by atoms with van der Waals surface area (Å²) in [7, 11) is 0. The molecule has 1 aliphatic heterocycles. The van der Waals surface area contributed by atoms with Gasteiger partial charge in [0.05, 0.1) is 5.69 Å². The first-order chi connectivity index (χ1) is 11.7. The maximum atomic E-state index is 12.6. The summed E-state index contributed by atoms with van der Waals surface area (Å²) < 4.78 is 2.05. The predicted molar refractivity (Wildman–Crippen MR) is 92.4 cm³/mol. The third-order valence-corrected chi connectivity index (χ3v) is 5.31. The second-order valence-electron chi connectivity index (χ2n) is 7.07. The van der Waals surface area contributed by atoms with Crippen molar-refractivity contribution in [1.82, 2.24) is 19.2 Å². The van der Waals surface area contributed by atoms with E-state index in [1.54, 1.807) is 0 Å². The average molecular weight is 327 g/mol. The molecule has 2 atom stereocenters. The van der Waals surface area contributed by atoms with Gasteiger partial charge >= 0.3 is 0 Å². The molecule has 0 aromatic carbocycles. The zero-order chi connectivity index (χ0) is 16.5. The molecule has 0 spiro atoms. The van der Waals surface area contributed by atoms with Crippen LogP contribution < -0.4 is 5.73 Å². The smallest absolute Gasteiger partial charge is 0.225 e. The van der Waals surface area contributed by atoms with Gasteiger partial charge in [-0.3, -0.25) is 9.69 Å². The van der Waals surface area contributed by atoms with Crippen LogP contribution >= 0.6 is 0 Å². The number of hydrogen-bond acceptors (Lipinski definition) is 4. The first kappa shape index (κ1) is 15.6. The molecule has 0 unspecified atom stereocenters. The number of fused-ring (bicyclic) bond motifs is 1. The normalized spacial score (nSPS) is 25.5. The van der Waals surface area contributed by atoms with E-state index >= 15 is 0 Å². The lowest BCUT2D eigenvalue weighted by Crippen LogP contribution is -2.49. The van der Waals surface area contributed by atoms with Gasteiger partial charge in [-0.2, -0.15) is 0 Å². The van der Waals surface area contributed by atoms with E-state index in [0.717, 1.165) is 63.3 Å². The van der Waals surface area contributed by atoms with Gasteiger partial charge < -0.3 is 15.0 Å². The van der Waals surface area contributed by atoms with Gasteiger partial charge in [0.25, 0.3) is 0 Å². The molecule has 6 heteroatoms. The van der Waals surface area contributed by atoms with Crippen LogP contribution in [0.4, 0.5) is 0 Å². The minimum atomic E-state index is 0.157. The Hall–Kier alpha value is -1.92. The molecule has 1 aliphatic carbocycles. The highest BCUT2D eigenvalue weighted by atomic mass is 16.2. The number of amides is 1. The van der Waals surface area contributed by atoms with Crippen LogP contribution in [0.25, 0.3) is 5.65 Å². The van der Waals surface area contributed by atoms with Crippen molar-refractivity contribution in [3.8, 4) is 0 Å². The van der Waals surface area contributed by atoms with Crippen LogP contribution in [0, 0.1) is 5.92 Å². The largest absolute Gasteiger partial charge is 0.340 e. The summed E-state index contributed by atoms with van der Waals surface area (Å²) in [5.74, 6) is 0.473. The van der Waals surface area contributed by atoms with Crippen LogP contribution in [0.3, 0.4) is 0 Å². The molecule has 1 saturated heterocycles. The minimum absolute atomic E-state index is 0.157. The Bertz CT molecular complexity index is 686. The van der Waals surface area contributed by atoms with E-state index in [0.29, 0.717) is 5.91 Å². The van der Waals surface area contributed by atoms with Gasteiger partial charge in [-0.1, -0.05) is 6.07 Å². The Morgan fingerprint density at radius 1 is 1.21 bits per heavy atom. The summed E-state index contributed by atoms with van der Waals surface area (Å²) in [6, 6.07) is 6.26. The first-order valence-electron chi connectivity index (χ1n) is 8.88. The zero-order valence-corrected chi connectivity index (χ0v) is 14.0. The third-order valence-electron chi connectivity index (χ3n) is 5.31. The summed E-state index contributed by atoms with van der Waals surface area (Å²) in [6.45, 7) is 4.31. The Balaban J connectivity index is 1.32. The van der Waals surface area contributed by atoms with Crippen LogP contribution in [0.2, 0.25) is 0 Å². The number of hydrogen-bond donors (Lipinski definition) is 1. The number of pyridine rings is 1. The Kier molecular flexibility index (Phi) is 4.24. The van der Waals surface area contributed by atoms with Crippen molar-refractivity contribution in [3.05, 3.63) is 36.3 Å². The molecule has 1 amide bonds. The topological polar surface area (TPSA) is 66.9 Å². The molecule has 2 aromatic heterocycles. The van der Waals surface area contributed by atoms with Crippen LogP contribution in [-0.2, 0) is 11.3 Å². The zero-order valence-electron chi connectivity index (χ0n) is 14.0. The highest BCUT2D eigenvalue weighted by molar-refractivity contribution is 5.79. The number of nitrogens with two attached hydrogens (primary N) is 1. The maximum absolute atomic E-state index is 12.6. The highest BCUT2D eigenvalue weighted by Crippen LogP contribution is 2.26. The van der Waals surface area contributed by atoms with Crippen molar-refractivity contribution >= 4 is 11.6 Å². The standard InChI is InChI=1S/C18H25N5O/c19-15-5-4-14(11-15)18(24)22-9-7-21(8-10-22)12-16-13-23-6-2-1-3-17(23)20-16/h1-3,6,13-15H,4-5,7-12,19H2/t14-,15-/m1/s1. The molecule has 24 heavy (non-hydrogen) atoms. The molecule has 0 bridgehead atoms. The van der Waals surface area contributed by atoms with Gasteiger partial charge in [0.2, 0.25) is 5.91 Å². The molecule has 6 nitrogen and oxygen atoms in total. The second-order valence-corrected chi connectivity index (χ2v) is 7.07. The van der Waals surface area contributed by atoms with Crippen molar-refractivity contribution in [2.75, 3.05) is 26.2 Å². The summed E-state index contributed by atoms with van der Waals surface area (Å²) in [4.78, 5) is 21.6. The lowest BCUT2D eigenvalue weighted by atomic mass is 10.1. The molecular formula is C18H25N5O. The molecule has 4 rings (SSSR count). The van der Waals surface area contributed by atoms with Gasteiger partial charge in [-0.25, -0.2) is 4.98 Å². The fourth-order valence-electron chi connectivity index (χ4n) is 3.92. The van der Waals surface area contributed by atoms with Gasteiger partial charge in [0.1, 0.15) is 5.65 Å². The molecule has 2 aliphatic rings. The van der Waals surface area contributed by atoms with Crippen LogP contribution in [0.15, 0.2) is 30.6 Å². The van der Waals surface area contributed by atoms with Gasteiger partial charge in [-0.15, -0.1) is 0 Å². The van der Waals surface area contributed by atoms with Crippen molar-refractivity contribution < 1.29 is 4.79 Å². The van der Waals surface area contributed by atoms with E-state index in [4.69, 9.17) is 5.73 Å². The fourth-order valence-corrected chi connectivity index (χ4v) is 3.92. The molecule has 2 N–H and O–H groups in total. The monoisotopic (exact) mass is 327 g/mol. The maximum Gasteiger partial charge on any atom is 0.225 e. The average Bonchev–Trinajstić information content (AvgIpc) is 3.20. The SMILES string of the molecule is N[C@@H]1CC[C@@H](C(=O)N2CCN(Cc3cn4ccccc4n3)CC2)C1. The number of rotatable bonds is 3. The molecule has 3 heterocycles. The lowest BCUT2D eigenvalue weighted by Gasteiger charge is -2.35. The summed E-state index contributed by atoms with van der Waals surface area (Å²) in [6.07, 6.45) is 6.92. The highest BCUT2D eigenvalue weighted by Gasteiger charge is 2.32. The van der Waals surface area contributed by atoms with Crippen LogP contribution in [0.1, 0.15) is 25.0 Å². The molecule has 2 aromatic rings. The number of aromatic nitrogens is 2. The molecule has 2 fully saturated rings. The van der Waals surface area contributed by atoms with Crippen molar-refractivity contribution in [2.24, 2.45) is 11.7 Å². The summed E-state index contributed by atoms with van der Waals surface area (Å²) >= 11 is 0. The number of carbonyl (C=O) groups excluding carboxylic acids is 1. The van der Waals surface area contributed by atoms with E-state index < -0.39 is 0 Å². The quantitative estimate of drug-likeness (QED) is 0.917. The Labute approximate surface area is 142 Å². The molecule has 1 saturated carbocycles. The summed E-state index contributed by atoms with van der Waals surface area (Å²) in [5, 5.41) is 0. The lowest BCUT2D eigenvalue weighted by molar-refractivity contribution is -0.137. The van der Waals surface area contributed by atoms with E-state index in [-0.39, 0.29) is 12.0 Å². The van der Waals surface area contributed by atoms with Gasteiger partial charge in [0, 0.05) is 57.1 Å². The van der Waals surface area contributed by atoms with Crippen molar-refractivity contribution in [1.29, 1.82) is 0 Å². The Morgan fingerprint density at radius 2 is 2.04 bits per heavy atom. The van der Waals surface area contributed by atoms with Crippen molar-refractivity contribution in [2.45, 2.75) is 31.8 Å². The molecular weight excluding hydrogens is 302 g/mol. The molecule has 0 radical (unpaired) electrons. The molecule has 128 valence electrons. The Morgan fingerprint density at radius 3 is 2.75 bits per heavy atom. The van der Waals surface area contributed by atoms with Crippen LogP contribution in [0.5, 0.6) is 0 Å². The van der Waals surface area contributed by atoms with E-state index in [1.165, 1.54) is 0 Å². The minimum Gasteiger partial charge on any atom is -0.340 e. The predicted octanol–water partition coefficient (Wildman–Crippen LogP) is 1.11.